The third kappa shape index (κ3) is 1.78. The molecule has 16 heavy (non-hydrogen) atoms. The number of hydrogen-bond acceptors (Lipinski definition) is 1. The molecule has 3 rings (SSSR count). The molecule has 0 spiro atoms. The summed E-state index contributed by atoms with van der Waals surface area (Å²) in [5, 5.41) is 4.97. The molecule has 0 amide bonds. The Morgan fingerprint density at radius 1 is 0.625 bits per heavy atom. The van der Waals surface area contributed by atoms with Crippen molar-refractivity contribution < 1.29 is 17.1 Å². The van der Waals surface area contributed by atoms with Crippen LogP contribution in [0.5, 0.6) is 0 Å². The van der Waals surface area contributed by atoms with Gasteiger partial charge in [0.2, 0.25) is 0 Å². The summed E-state index contributed by atoms with van der Waals surface area (Å²) in [7, 11) is 0. The number of rotatable bonds is 0. The molecule has 0 aliphatic carbocycles. The van der Waals surface area contributed by atoms with Gasteiger partial charge >= 0.3 is 0 Å². The summed E-state index contributed by atoms with van der Waals surface area (Å²) >= 11 is 0. The van der Waals surface area contributed by atoms with Crippen molar-refractivity contribution in [1.29, 1.82) is 0 Å². The van der Waals surface area contributed by atoms with Crippen molar-refractivity contribution in [3.8, 4) is 0 Å². The van der Waals surface area contributed by atoms with Crippen molar-refractivity contribution >= 4 is 27.2 Å². The second kappa shape index (κ2) is 4.17. The Balaban J connectivity index is 0.000000963. The summed E-state index contributed by atoms with van der Waals surface area (Å²) in [5.74, 6) is 0. The standard InChI is InChI=1S/C14H11N.Cu/c15-14-6-5-12-7-10-3-1-2-4-11(10)8-13(12)9-14;/h1-9H,15H2;. The molecule has 2 heteroatoms. The fraction of sp³-hybridized carbons (Fsp3) is 0. The molecule has 0 fully saturated rings. The van der Waals surface area contributed by atoms with E-state index in [0.29, 0.717) is 0 Å². The topological polar surface area (TPSA) is 26.0 Å². The van der Waals surface area contributed by atoms with Crippen LogP contribution in [0.1, 0.15) is 0 Å². The molecule has 0 atom stereocenters. The van der Waals surface area contributed by atoms with Crippen molar-refractivity contribution in [1.82, 2.24) is 0 Å². The molecular weight excluding hydrogens is 246 g/mol. The minimum absolute atomic E-state index is 0. The molecule has 0 saturated carbocycles. The summed E-state index contributed by atoms with van der Waals surface area (Å²) in [6.07, 6.45) is 0. The van der Waals surface area contributed by atoms with Crippen LogP contribution in [0.15, 0.2) is 54.6 Å². The molecule has 3 aromatic carbocycles. The number of anilines is 1. The number of nitrogens with two attached hydrogens (primary N) is 1. The molecule has 83 valence electrons. The molecule has 0 bridgehead atoms. The van der Waals surface area contributed by atoms with E-state index in [1.54, 1.807) is 0 Å². The fourth-order valence-electron chi connectivity index (χ4n) is 1.96. The number of hydrogen-bond donors (Lipinski definition) is 1. The Morgan fingerprint density at radius 2 is 1.19 bits per heavy atom. The minimum atomic E-state index is 0. The Bertz CT molecular complexity index is 646. The van der Waals surface area contributed by atoms with Gasteiger partial charge in [0.15, 0.2) is 0 Å². The average Bonchev–Trinajstić information content (AvgIpc) is 2.26. The largest absolute Gasteiger partial charge is 0.399 e. The number of nitrogen functional groups attached to an aromatic ring is 1. The van der Waals surface area contributed by atoms with Crippen molar-refractivity contribution in [2.24, 2.45) is 0 Å². The SMILES string of the molecule is Nc1ccc2cc3ccccc3cc2c1.[Cu]. The molecular formula is C14H11CuN. The van der Waals surface area contributed by atoms with Crippen LogP contribution in [-0.4, -0.2) is 0 Å². The van der Waals surface area contributed by atoms with Crippen molar-refractivity contribution in [2.45, 2.75) is 0 Å². The molecule has 3 aromatic rings. The molecule has 1 radical (unpaired) electrons. The Morgan fingerprint density at radius 3 is 1.88 bits per heavy atom. The minimum Gasteiger partial charge on any atom is -0.399 e. The summed E-state index contributed by atoms with van der Waals surface area (Å²) in [6.45, 7) is 0. The summed E-state index contributed by atoms with van der Waals surface area (Å²) in [4.78, 5) is 0. The van der Waals surface area contributed by atoms with Crippen molar-refractivity contribution in [3.05, 3.63) is 54.6 Å². The fourth-order valence-corrected chi connectivity index (χ4v) is 1.96. The first-order valence-corrected chi connectivity index (χ1v) is 5.01. The maximum absolute atomic E-state index is 5.77. The molecule has 0 saturated heterocycles. The monoisotopic (exact) mass is 256 g/mol. The Labute approximate surface area is 105 Å². The van der Waals surface area contributed by atoms with Crippen LogP contribution < -0.4 is 5.73 Å². The van der Waals surface area contributed by atoms with Gasteiger partial charge in [-0.05, 0) is 45.8 Å². The quantitative estimate of drug-likeness (QED) is 0.371. The predicted molar refractivity (Wildman–Crippen MR) is 65.9 cm³/mol. The van der Waals surface area contributed by atoms with Crippen molar-refractivity contribution in [3.63, 3.8) is 0 Å². The maximum Gasteiger partial charge on any atom is 0.0320 e. The van der Waals surface area contributed by atoms with Crippen LogP contribution in [0.25, 0.3) is 21.5 Å². The second-order valence-electron chi connectivity index (χ2n) is 3.81. The average molecular weight is 257 g/mol. The van der Waals surface area contributed by atoms with E-state index in [9.17, 15) is 0 Å². The normalized spacial score (nSPS) is 10.2. The zero-order valence-electron chi connectivity index (χ0n) is 8.58. The first-order chi connectivity index (χ1) is 7.33. The van der Waals surface area contributed by atoms with Crippen LogP contribution in [-0.2, 0) is 17.1 Å². The van der Waals surface area contributed by atoms with E-state index >= 15 is 0 Å². The zero-order valence-corrected chi connectivity index (χ0v) is 9.52. The molecule has 0 aliphatic heterocycles. The van der Waals surface area contributed by atoms with E-state index in [1.165, 1.54) is 21.5 Å². The van der Waals surface area contributed by atoms with Gasteiger partial charge in [-0.2, -0.15) is 0 Å². The summed E-state index contributed by atoms with van der Waals surface area (Å²) in [6, 6.07) is 18.8. The van der Waals surface area contributed by atoms with Gasteiger partial charge in [-0.25, -0.2) is 0 Å². The van der Waals surface area contributed by atoms with E-state index in [0.717, 1.165) is 5.69 Å². The van der Waals surface area contributed by atoms with Crippen LogP contribution in [0.3, 0.4) is 0 Å². The van der Waals surface area contributed by atoms with Gasteiger partial charge in [0.1, 0.15) is 0 Å². The molecule has 2 N–H and O–H groups in total. The third-order valence-electron chi connectivity index (χ3n) is 2.73. The van der Waals surface area contributed by atoms with E-state index in [2.05, 4.69) is 42.5 Å². The number of benzene rings is 3. The van der Waals surface area contributed by atoms with Crippen molar-refractivity contribution in [2.75, 3.05) is 5.73 Å². The van der Waals surface area contributed by atoms with Crippen LogP contribution >= 0.6 is 0 Å². The van der Waals surface area contributed by atoms with Gasteiger partial charge in [-0.1, -0.05) is 30.3 Å². The van der Waals surface area contributed by atoms with Gasteiger partial charge in [-0.15, -0.1) is 0 Å². The van der Waals surface area contributed by atoms with Gasteiger partial charge < -0.3 is 5.73 Å². The van der Waals surface area contributed by atoms with Crippen LogP contribution in [0, 0.1) is 0 Å². The van der Waals surface area contributed by atoms with Crippen LogP contribution in [0.2, 0.25) is 0 Å². The molecule has 0 heterocycles. The maximum atomic E-state index is 5.77. The van der Waals surface area contributed by atoms with Gasteiger partial charge in [-0.3, -0.25) is 0 Å². The second-order valence-corrected chi connectivity index (χ2v) is 3.81. The smallest absolute Gasteiger partial charge is 0.0320 e. The van der Waals surface area contributed by atoms with Gasteiger partial charge in [0, 0.05) is 22.8 Å². The zero-order chi connectivity index (χ0) is 10.3. The van der Waals surface area contributed by atoms with Gasteiger partial charge in [0.25, 0.3) is 0 Å². The summed E-state index contributed by atoms with van der Waals surface area (Å²) < 4.78 is 0. The van der Waals surface area contributed by atoms with Gasteiger partial charge in [0.05, 0.1) is 0 Å². The molecule has 1 nitrogen and oxygen atoms in total. The molecule has 0 unspecified atom stereocenters. The van der Waals surface area contributed by atoms with E-state index in [-0.39, 0.29) is 17.1 Å². The molecule has 0 aromatic heterocycles. The summed E-state index contributed by atoms with van der Waals surface area (Å²) in [5.41, 5.74) is 6.59. The van der Waals surface area contributed by atoms with E-state index in [4.69, 9.17) is 5.73 Å². The first kappa shape index (κ1) is 11.0. The first-order valence-electron chi connectivity index (χ1n) is 5.01. The van der Waals surface area contributed by atoms with Crippen LogP contribution in [0.4, 0.5) is 5.69 Å². The van der Waals surface area contributed by atoms with E-state index < -0.39 is 0 Å². The Kier molecular flexibility index (Phi) is 2.86. The van der Waals surface area contributed by atoms with E-state index in [1.807, 2.05) is 12.1 Å². The molecule has 0 aliphatic rings. The third-order valence-corrected chi connectivity index (χ3v) is 2.73. The Hall–Kier alpha value is -1.50. The predicted octanol–water partition coefficient (Wildman–Crippen LogP) is 3.57. The number of fused-ring (bicyclic) bond motifs is 2.